The van der Waals surface area contributed by atoms with Gasteiger partial charge in [-0.1, -0.05) is 34.1 Å². The molecule has 2 N–H and O–H groups in total. The zero-order valence-corrected chi connectivity index (χ0v) is 17.9. The fourth-order valence-electron chi connectivity index (χ4n) is 5.56. The first kappa shape index (κ1) is 17.5. The van der Waals surface area contributed by atoms with Gasteiger partial charge in [0.2, 0.25) is 0 Å². The second kappa shape index (κ2) is 5.75. The standard InChI is InChI=1S/C24H16BrN3O3/c25-11-5-6-16-14(9-11)18-20-19(23(30)26-24(20)31)17-13-3-1-2-4-15(13)28-10-12(29)7-8-27(16)21(18)22(17)28/h1-6,9,12,29H,7-8,10H2,(H,26,30,31). The molecular weight excluding hydrogens is 458 g/mol. The zero-order chi connectivity index (χ0) is 21.0. The molecule has 2 aromatic heterocycles. The first-order valence-electron chi connectivity index (χ1n) is 10.3. The van der Waals surface area contributed by atoms with Crippen molar-refractivity contribution >= 4 is 71.4 Å². The van der Waals surface area contributed by atoms with Crippen LogP contribution in [0.2, 0.25) is 0 Å². The molecule has 0 bridgehead atoms. The molecule has 0 fully saturated rings. The number of aliphatic hydroxyl groups is 1. The average Bonchev–Trinajstić information content (AvgIpc) is 3.33. The summed E-state index contributed by atoms with van der Waals surface area (Å²) in [5.41, 5.74) is 4.71. The number of nitrogens with zero attached hydrogens (tertiary/aromatic N) is 2. The third-order valence-corrected chi connectivity index (χ3v) is 7.22. The van der Waals surface area contributed by atoms with Gasteiger partial charge in [0, 0.05) is 50.1 Å². The molecule has 6 nitrogen and oxygen atoms in total. The maximum absolute atomic E-state index is 13.0. The normalized spacial score (nSPS) is 18.3. The Balaban J connectivity index is 1.90. The number of nitrogens with one attached hydrogen (secondary N) is 1. The quantitative estimate of drug-likeness (QED) is 0.329. The number of hydrogen-bond donors (Lipinski definition) is 2. The number of aliphatic hydroxyl groups excluding tert-OH is 1. The van der Waals surface area contributed by atoms with E-state index in [-0.39, 0.29) is 11.8 Å². The minimum absolute atomic E-state index is 0.347. The molecule has 152 valence electrons. The SMILES string of the molecule is O=C1NC(=O)c2c1c1c3cc(Br)ccc3n3c1c1c2c2ccccc2n1CC(O)CC3. The number of fused-ring (bicyclic) bond motifs is 9. The van der Waals surface area contributed by atoms with Gasteiger partial charge in [-0.25, -0.2) is 0 Å². The van der Waals surface area contributed by atoms with Crippen molar-refractivity contribution in [3.63, 3.8) is 0 Å². The Morgan fingerprint density at radius 3 is 2.39 bits per heavy atom. The first-order valence-corrected chi connectivity index (χ1v) is 11.1. The maximum Gasteiger partial charge on any atom is 0.259 e. The lowest BCUT2D eigenvalue weighted by atomic mass is 9.96. The van der Waals surface area contributed by atoms with Gasteiger partial charge >= 0.3 is 0 Å². The van der Waals surface area contributed by atoms with E-state index < -0.39 is 6.10 Å². The predicted molar refractivity (Wildman–Crippen MR) is 123 cm³/mol. The van der Waals surface area contributed by atoms with E-state index in [0.29, 0.717) is 30.6 Å². The minimum atomic E-state index is -0.515. The molecule has 4 heterocycles. The number of benzene rings is 3. The summed E-state index contributed by atoms with van der Waals surface area (Å²) in [4.78, 5) is 26.1. The number of carbonyl (C=O) groups excluding carboxylic acids is 2. The lowest BCUT2D eigenvalue weighted by Gasteiger charge is -2.20. The molecule has 5 aromatic rings. The summed E-state index contributed by atoms with van der Waals surface area (Å²) >= 11 is 3.57. The summed E-state index contributed by atoms with van der Waals surface area (Å²) in [6, 6.07) is 13.9. The van der Waals surface area contributed by atoms with E-state index in [1.54, 1.807) is 0 Å². The van der Waals surface area contributed by atoms with Crippen LogP contribution in [0.5, 0.6) is 0 Å². The van der Waals surface area contributed by atoms with Crippen molar-refractivity contribution in [3.05, 3.63) is 58.1 Å². The highest BCUT2D eigenvalue weighted by atomic mass is 79.9. The Labute approximate surface area is 184 Å². The van der Waals surface area contributed by atoms with Crippen LogP contribution in [0.3, 0.4) is 0 Å². The Bertz CT molecular complexity index is 1660. The lowest BCUT2D eigenvalue weighted by Crippen LogP contribution is -2.20. The molecule has 2 amide bonds. The molecule has 2 aliphatic heterocycles. The Kier molecular flexibility index (Phi) is 3.25. The molecular formula is C24H16BrN3O3. The van der Waals surface area contributed by atoms with Crippen LogP contribution in [0.1, 0.15) is 27.1 Å². The largest absolute Gasteiger partial charge is 0.391 e. The second-order valence-corrected chi connectivity index (χ2v) is 9.28. The van der Waals surface area contributed by atoms with E-state index in [1.807, 2.05) is 42.5 Å². The van der Waals surface area contributed by atoms with Gasteiger partial charge in [-0.3, -0.25) is 14.9 Å². The topological polar surface area (TPSA) is 76.3 Å². The zero-order valence-electron chi connectivity index (χ0n) is 16.3. The van der Waals surface area contributed by atoms with E-state index in [2.05, 4.69) is 30.4 Å². The van der Waals surface area contributed by atoms with Crippen molar-refractivity contribution in [2.24, 2.45) is 0 Å². The van der Waals surface area contributed by atoms with Gasteiger partial charge in [-0.2, -0.15) is 0 Å². The summed E-state index contributed by atoms with van der Waals surface area (Å²) in [5, 5.41) is 16.8. The van der Waals surface area contributed by atoms with Crippen LogP contribution < -0.4 is 5.32 Å². The van der Waals surface area contributed by atoms with Crippen LogP contribution in [-0.4, -0.2) is 32.2 Å². The summed E-state index contributed by atoms with van der Waals surface area (Å²) in [6.07, 6.45) is 0.0868. The van der Waals surface area contributed by atoms with Crippen molar-refractivity contribution in [3.8, 4) is 0 Å². The van der Waals surface area contributed by atoms with E-state index >= 15 is 0 Å². The Morgan fingerprint density at radius 1 is 0.903 bits per heavy atom. The van der Waals surface area contributed by atoms with Crippen LogP contribution in [0.25, 0.3) is 43.6 Å². The molecule has 0 saturated carbocycles. The smallest absolute Gasteiger partial charge is 0.259 e. The number of aromatic nitrogens is 2. The molecule has 0 saturated heterocycles. The average molecular weight is 474 g/mol. The van der Waals surface area contributed by atoms with Gasteiger partial charge in [0.05, 0.1) is 28.3 Å². The van der Waals surface area contributed by atoms with Crippen molar-refractivity contribution in [1.29, 1.82) is 0 Å². The highest BCUT2D eigenvalue weighted by Gasteiger charge is 2.37. The van der Waals surface area contributed by atoms with Crippen LogP contribution in [0, 0.1) is 0 Å². The summed E-state index contributed by atoms with van der Waals surface area (Å²) in [6.45, 7) is 1.08. The van der Waals surface area contributed by atoms with Gasteiger partial charge in [-0.15, -0.1) is 0 Å². The first-order chi connectivity index (χ1) is 15.0. The Morgan fingerprint density at radius 2 is 1.58 bits per heavy atom. The fraction of sp³-hybridized carbons (Fsp3) is 0.167. The number of carbonyl (C=O) groups is 2. The molecule has 2 aliphatic rings. The predicted octanol–water partition coefficient (Wildman–Crippen LogP) is 4.31. The van der Waals surface area contributed by atoms with Crippen molar-refractivity contribution in [1.82, 2.24) is 14.5 Å². The molecule has 1 atom stereocenters. The fourth-order valence-corrected chi connectivity index (χ4v) is 5.92. The van der Waals surface area contributed by atoms with Gasteiger partial charge in [0.25, 0.3) is 11.8 Å². The summed E-state index contributed by atoms with van der Waals surface area (Å²) < 4.78 is 5.23. The van der Waals surface area contributed by atoms with E-state index in [0.717, 1.165) is 48.1 Å². The molecule has 0 aliphatic carbocycles. The van der Waals surface area contributed by atoms with Crippen LogP contribution in [0.15, 0.2) is 46.9 Å². The maximum atomic E-state index is 13.0. The molecule has 1 unspecified atom stereocenters. The van der Waals surface area contributed by atoms with Gasteiger partial charge in [-0.05, 0) is 30.7 Å². The number of amides is 2. The van der Waals surface area contributed by atoms with Gasteiger partial charge in [0.15, 0.2) is 0 Å². The third-order valence-electron chi connectivity index (χ3n) is 6.73. The van der Waals surface area contributed by atoms with Crippen LogP contribution in [0.4, 0.5) is 0 Å². The van der Waals surface area contributed by atoms with Crippen LogP contribution >= 0.6 is 15.9 Å². The molecule has 0 radical (unpaired) electrons. The molecule has 0 spiro atoms. The molecule has 7 heteroatoms. The van der Waals surface area contributed by atoms with Gasteiger partial charge in [0.1, 0.15) is 0 Å². The van der Waals surface area contributed by atoms with Crippen molar-refractivity contribution < 1.29 is 14.7 Å². The monoisotopic (exact) mass is 473 g/mol. The Hall–Kier alpha value is -3.16. The highest BCUT2D eigenvalue weighted by molar-refractivity contribution is 9.10. The minimum Gasteiger partial charge on any atom is -0.391 e. The van der Waals surface area contributed by atoms with Gasteiger partial charge < -0.3 is 14.2 Å². The van der Waals surface area contributed by atoms with E-state index in [4.69, 9.17) is 0 Å². The van der Waals surface area contributed by atoms with Crippen molar-refractivity contribution in [2.75, 3.05) is 0 Å². The molecule has 3 aromatic carbocycles. The second-order valence-electron chi connectivity index (χ2n) is 8.36. The highest BCUT2D eigenvalue weighted by Crippen LogP contribution is 2.46. The summed E-state index contributed by atoms with van der Waals surface area (Å²) in [5.74, 6) is -0.705. The number of aryl methyl sites for hydroxylation is 1. The number of rotatable bonds is 0. The number of hydrogen-bond acceptors (Lipinski definition) is 3. The van der Waals surface area contributed by atoms with Crippen LogP contribution in [-0.2, 0) is 13.1 Å². The molecule has 7 rings (SSSR count). The summed E-state index contributed by atoms with van der Waals surface area (Å²) in [7, 11) is 0. The van der Waals surface area contributed by atoms with E-state index in [9.17, 15) is 14.7 Å². The van der Waals surface area contributed by atoms with E-state index in [1.165, 1.54) is 0 Å². The van der Waals surface area contributed by atoms with Crippen molar-refractivity contribution in [2.45, 2.75) is 25.6 Å². The molecule has 31 heavy (non-hydrogen) atoms. The number of halogens is 1. The number of imide groups is 1. The third kappa shape index (κ3) is 2.05. The lowest BCUT2D eigenvalue weighted by molar-refractivity contribution is 0.0880. The number of para-hydroxylation sites is 1.